The zero-order valence-corrected chi connectivity index (χ0v) is 8.59. The average molecular weight is 168 g/mol. The normalized spacial score (nSPS) is 12.8. The lowest BCUT2D eigenvalue weighted by Crippen LogP contribution is -2.34. The summed E-state index contributed by atoms with van der Waals surface area (Å²) in [5.41, 5.74) is 1.02. The van der Waals surface area contributed by atoms with E-state index in [1.165, 1.54) is 6.34 Å². The van der Waals surface area contributed by atoms with E-state index in [1.54, 1.807) is 0 Å². The molecular weight excluding hydrogens is 148 g/mol. The summed E-state index contributed by atoms with van der Waals surface area (Å²) < 4.78 is 0. The first-order valence-electron chi connectivity index (χ1n) is 4.51. The molecule has 2 heteroatoms. The van der Waals surface area contributed by atoms with Crippen LogP contribution in [0, 0.1) is 11.3 Å². The summed E-state index contributed by atoms with van der Waals surface area (Å²) in [6.07, 6.45) is 2.28. The van der Waals surface area contributed by atoms with Gasteiger partial charge in [0.05, 0.1) is 6.34 Å². The Morgan fingerprint density at radius 2 is 2.00 bits per heavy atom. The number of rotatable bonds is 5. The van der Waals surface area contributed by atoms with Gasteiger partial charge >= 0.3 is 0 Å². The quantitative estimate of drug-likeness (QED) is 0.496. The van der Waals surface area contributed by atoms with E-state index in [0.717, 1.165) is 12.1 Å². The van der Waals surface area contributed by atoms with Gasteiger partial charge in [0.15, 0.2) is 0 Å². The van der Waals surface area contributed by atoms with Crippen molar-refractivity contribution in [1.82, 2.24) is 4.90 Å². The lowest BCUT2D eigenvalue weighted by Gasteiger charge is -2.30. The molecule has 0 rings (SSSR count). The predicted octanol–water partition coefficient (Wildman–Crippen LogP) is 2.86. The lowest BCUT2D eigenvalue weighted by molar-refractivity contribution is 0.317. The molecule has 0 fully saturated rings. The maximum atomic E-state index is 7.26. The van der Waals surface area contributed by atoms with Gasteiger partial charge in [0.1, 0.15) is 0 Å². The van der Waals surface area contributed by atoms with Crippen LogP contribution in [-0.2, 0) is 0 Å². The Bertz CT molecular complexity index is 161. The van der Waals surface area contributed by atoms with Gasteiger partial charge in [-0.2, -0.15) is 0 Å². The Balaban J connectivity index is 4.33. The smallest absolute Gasteiger partial charge is 0.0861 e. The second kappa shape index (κ2) is 4.96. The fourth-order valence-electron chi connectivity index (χ4n) is 1.00. The Hall–Kier alpha value is -0.790. The van der Waals surface area contributed by atoms with Crippen molar-refractivity contribution in [2.75, 3.05) is 0 Å². The van der Waals surface area contributed by atoms with E-state index in [2.05, 4.69) is 34.3 Å². The number of hydrogen-bond donors (Lipinski definition) is 1. The van der Waals surface area contributed by atoms with Crippen LogP contribution in [0.1, 0.15) is 34.1 Å². The van der Waals surface area contributed by atoms with Crippen LogP contribution >= 0.6 is 0 Å². The van der Waals surface area contributed by atoms with Crippen molar-refractivity contribution < 1.29 is 0 Å². The second-order valence-corrected chi connectivity index (χ2v) is 3.44. The van der Waals surface area contributed by atoms with Gasteiger partial charge in [-0.25, -0.2) is 0 Å². The van der Waals surface area contributed by atoms with E-state index < -0.39 is 0 Å². The molecule has 0 saturated carbocycles. The first-order valence-corrected chi connectivity index (χ1v) is 4.51. The zero-order valence-electron chi connectivity index (χ0n) is 8.59. The van der Waals surface area contributed by atoms with Gasteiger partial charge in [0, 0.05) is 11.7 Å². The van der Waals surface area contributed by atoms with Gasteiger partial charge in [0.25, 0.3) is 0 Å². The summed E-state index contributed by atoms with van der Waals surface area (Å²) in [5, 5.41) is 7.26. The molecule has 0 aromatic heterocycles. The molecule has 1 atom stereocenters. The third kappa shape index (κ3) is 2.68. The minimum atomic E-state index is 0.370. The van der Waals surface area contributed by atoms with Crippen LogP contribution in [0.15, 0.2) is 12.3 Å². The van der Waals surface area contributed by atoms with Crippen LogP contribution in [0.5, 0.6) is 0 Å². The summed E-state index contributed by atoms with van der Waals surface area (Å²) in [7, 11) is 0. The minimum absolute atomic E-state index is 0.370. The van der Waals surface area contributed by atoms with Crippen LogP contribution in [0.4, 0.5) is 0 Å². The highest BCUT2D eigenvalue weighted by atomic mass is 15.2. The van der Waals surface area contributed by atoms with E-state index in [9.17, 15) is 0 Å². The van der Waals surface area contributed by atoms with Crippen LogP contribution < -0.4 is 0 Å². The molecule has 70 valence electrons. The summed E-state index contributed by atoms with van der Waals surface area (Å²) in [4.78, 5) is 1.94. The van der Waals surface area contributed by atoms with Gasteiger partial charge in [-0.1, -0.05) is 27.4 Å². The van der Waals surface area contributed by atoms with Crippen LogP contribution in [-0.4, -0.2) is 17.3 Å². The molecule has 2 nitrogen and oxygen atoms in total. The topological polar surface area (TPSA) is 27.1 Å². The molecule has 0 aromatic carbocycles. The number of allylic oxidation sites excluding steroid dienone is 1. The van der Waals surface area contributed by atoms with Crippen molar-refractivity contribution in [2.45, 2.75) is 40.2 Å². The van der Waals surface area contributed by atoms with Crippen molar-refractivity contribution in [2.24, 2.45) is 5.92 Å². The molecule has 0 heterocycles. The molecule has 0 aliphatic heterocycles. The summed E-state index contributed by atoms with van der Waals surface area (Å²) in [6, 6.07) is 0.370. The van der Waals surface area contributed by atoms with Crippen molar-refractivity contribution in [3.8, 4) is 0 Å². The third-order valence-electron chi connectivity index (χ3n) is 2.32. The van der Waals surface area contributed by atoms with Gasteiger partial charge in [-0.15, -0.1) is 0 Å². The number of nitrogens with one attached hydrogen (secondary N) is 1. The van der Waals surface area contributed by atoms with Crippen molar-refractivity contribution in [1.29, 1.82) is 5.41 Å². The van der Waals surface area contributed by atoms with Crippen LogP contribution in [0.3, 0.4) is 0 Å². The molecular formula is C10H20N2. The first-order chi connectivity index (χ1) is 5.54. The first kappa shape index (κ1) is 11.2. The van der Waals surface area contributed by atoms with Gasteiger partial charge in [-0.3, -0.25) is 5.41 Å². The average Bonchev–Trinajstić information content (AvgIpc) is 2.05. The maximum Gasteiger partial charge on any atom is 0.0861 e. The molecule has 0 saturated heterocycles. The van der Waals surface area contributed by atoms with Gasteiger partial charge < -0.3 is 4.90 Å². The number of nitrogens with zero attached hydrogens (tertiary/aromatic N) is 1. The van der Waals surface area contributed by atoms with E-state index in [0.29, 0.717) is 12.0 Å². The Labute approximate surface area is 75.8 Å². The highest BCUT2D eigenvalue weighted by Gasteiger charge is 2.15. The Morgan fingerprint density at radius 1 is 1.50 bits per heavy atom. The molecule has 12 heavy (non-hydrogen) atoms. The predicted molar refractivity (Wildman–Crippen MR) is 54.4 cm³/mol. The molecule has 1 N–H and O–H groups in total. The fraction of sp³-hybridized carbons (Fsp3) is 0.700. The zero-order chi connectivity index (χ0) is 9.72. The van der Waals surface area contributed by atoms with Crippen LogP contribution in [0.25, 0.3) is 0 Å². The summed E-state index contributed by atoms with van der Waals surface area (Å²) >= 11 is 0. The largest absolute Gasteiger partial charge is 0.334 e. The van der Waals surface area contributed by atoms with E-state index >= 15 is 0 Å². The molecule has 0 aromatic rings. The van der Waals surface area contributed by atoms with Crippen LogP contribution in [0.2, 0.25) is 0 Å². The monoisotopic (exact) mass is 168 g/mol. The van der Waals surface area contributed by atoms with E-state index in [1.807, 2.05) is 4.90 Å². The minimum Gasteiger partial charge on any atom is -0.334 e. The molecule has 0 amide bonds. The van der Waals surface area contributed by atoms with Gasteiger partial charge in [0.2, 0.25) is 0 Å². The van der Waals surface area contributed by atoms with Crippen molar-refractivity contribution >= 4 is 6.34 Å². The molecule has 0 radical (unpaired) electrons. The third-order valence-corrected chi connectivity index (χ3v) is 2.32. The van der Waals surface area contributed by atoms with E-state index in [-0.39, 0.29) is 0 Å². The molecule has 0 bridgehead atoms. The highest BCUT2D eigenvalue weighted by molar-refractivity contribution is 5.54. The summed E-state index contributed by atoms with van der Waals surface area (Å²) in [5.74, 6) is 0.551. The molecule has 1 unspecified atom stereocenters. The molecule has 0 spiro atoms. The van der Waals surface area contributed by atoms with Crippen molar-refractivity contribution in [3.05, 3.63) is 12.3 Å². The van der Waals surface area contributed by atoms with Gasteiger partial charge in [-0.05, 0) is 19.3 Å². The summed E-state index contributed by atoms with van der Waals surface area (Å²) in [6.45, 7) is 12.4. The number of hydrogen-bond acceptors (Lipinski definition) is 1. The Morgan fingerprint density at radius 3 is 2.25 bits per heavy atom. The SMILES string of the molecule is C=C(CC)N(C=N)C(C)C(C)C. The molecule has 0 aliphatic carbocycles. The standard InChI is InChI=1S/C10H20N2/c1-6-9(4)12(7-11)10(5)8(2)3/h7-8,10-11H,4,6H2,1-3,5H3. The Kier molecular flexibility index (Phi) is 4.64. The second-order valence-electron chi connectivity index (χ2n) is 3.44. The van der Waals surface area contributed by atoms with Crippen molar-refractivity contribution in [3.63, 3.8) is 0 Å². The molecule has 0 aliphatic rings. The maximum absolute atomic E-state index is 7.26. The highest BCUT2D eigenvalue weighted by Crippen LogP contribution is 2.14. The lowest BCUT2D eigenvalue weighted by atomic mass is 10.0. The fourth-order valence-corrected chi connectivity index (χ4v) is 1.00. The van der Waals surface area contributed by atoms with E-state index in [4.69, 9.17) is 5.41 Å².